The molecule has 1 aromatic heterocycles. The van der Waals surface area contributed by atoms with Crippen molar-refractivity contribution in [2.75, 3.05) is 43.5 Å². The summed E-state index contributed by atoms with van der Waals surface area (Å²) in [7, 11) is -2.84. The van der Waals surface area contributed by atoms with E-state index in [1.165, 1.54) is 37.8 Å². The second-order valence-corrected chi connectivity index (χ2v) is 15.1. The van der Waals surface area contributed by atoms with Crippen LogP contribution in [-0.4, -0.2) is 73.8 Å². The van der Waals surface area contributed by atoms with Gasteiger partial charge in [-0.3, -0.25) is 14.4 Å². The maximum Gasteiger partial charge on any atom is 0.262 e. The largest absolute Gasteiger partial charge is 0.504 e. The number of amides is 1. The lowest BCUT2D eigenvalue weighted by Gasteiger charge is -2.38. The lowest BCUT2D eigenvalue weighted by Crippen LogP contribution is -2.53. The first kappa shape index (κ1) is 36.6. The van der Waals surface area contributed by atoms with E-state index in [9.17, 15) is 18.3 Å². The number of morpholine rings is 1. The zero-order chi connectivity index (χ0) is 36.1. The maximum absolute atomic E-state index is 14.5. The second-order valence-electron chi connectivity index (χ2n) is 13.4. The van der Waals surface area contributed by atoms with Crippen molar-refractivity contribution in [3.05, 3.63) is 95.9 Å². The molecule has 0 saturated carbocycles. The fourth-order valence-corrected chi connectivity index (χ4v) is 6.99. The van der Waals surface area contributed by atoms with Crippen molar-refractivity contribution in [2.24, 2.45) is 0 Å². The van der Waals surface area contributed by atoms with Crippen molar-refractivity contribution in [2.45, 2.75) is 63.0 Å². The van der Waals surface area contributed by atoms with E-state index >= 15 is 0 Å². The number of sulfonamides is 1. The van der Waals surface area contributed by atoms with Crippen LogP contribution in [0.5, 0.6) is 17.4 Å². The molecule has 0 spiro atoms. The fourth-order valence-electron chi connectivity index (χ4n) is 5.89. The minimum Gasteiger partial charge on any atom is -0.504 e. The lowest BCUT2D eigenvalue weighted by molar-refractivity contribution is -0.127. The Kier molecular flexibility index (Phi) is 11.3. The van der Waals surface area contributed by atoms with Crippen LogP contribution in [0.15, 0.2) is 84.1 Å². The molecule has 266 valence electrons. The molecule has 1 aliphatic rings. The molecule has 13 heteroatoms. The van der Waals surface area contributed by atoms with Crippen molar-refractivity contribution >= 4 is 27.3 Å². The number of anilines is 2. The van der Waals surface area contributed by atoms with E-state index in [0.717, 1.165) is 11.1 Å². The van der Waals surface area contributed by atoms with Crippen molar-refractivity contribution in [3.63, 3.8) is 0 Å². The van der Waals surface area contributed by atoms with Crippen LogP contribution in [0.25, 0.3) is 0 Å². The average molecular weight is 704 g/mol. The first-order chi connectivity index (χ1) is 23.8. The highest BCUT2D eigenvalue weighted by atomic mass is 32.2. The molecule has 0 radical (unpaired) electrons. The molecule has 4 aromatic rings. The summed E-state index contributed by atoms with van der Waals surface area (Å²) in [6, 6.07) is 17.8. The lowest BCUT2D eigenvalue weighted by atomic mass is 9.87. The van der Waals surface area contributed by atoms with Crippen molar-refractivity contribution in [3.8, 4) is 17.4 Å². The number of carbonyl (C=O) groups excluding carboxylic acids is 1. The van der Waals surface area contributed by atoms with Gasteiger partial charge in [-0.05, 0) is 52.8 Å². The summed E-state index contributed by atoms with van der Waals surface area (Å²) in [5, 5.41) is 14.4. The van der Waals surface area contributed by atoms with Gasteiger partial charge in [-0.2, -0.15) is 0 Å². The number of para-hydroxylation sites is 1. The summed E-state index contributed by atoms with van der Waals surface area (Å²) in [5.74, 6) is -0.498. The molecule has 50 heavy (non-hydrogen) atoms. The van der Waals surface area contributed by atoms with Crippen LogP contribution < -0.4 is 19.5 Å². The number of phenols is 1. The van der Waals surface area contributed by atoms with Crippen molar-refractivity contribution in [1.82, 2.24) is 14.9 Å². The number of aromatic nitrogens is 2. The summed E-state index contributed by atoms with van der Waals surface area (Å²) in [4.78, 5) is 24.7. The molecule has 0 bridgehead atoms. The summed E-state index contributed by atoms with van der Waals surface area (Å²) < 4.78 is 47.9. The molecular weight excluding hydrogens is 659 g/mol. The van der Waals surface area contributed by atoms with Gasteiger partial charge < -0.3 is 24.6 Å². The molecule has 1 aliphatic heterocycles. The van der Waals surface area contributed by atoms with E-state index in [-0.39, 0.29) is 45.2 Å². The van der Waals surface area contributed by atoms with Gasteiger partial charge in [0.05, 0.1) is 30.9 Å². The zero-order valence-electron chi connectivity index (χ0n) is 29.2. The van der Waals surface area contributed by atoms with Gasteiger partial charge in [-0.1, -0.05) is 65.0 Å². The number of hydrogen-bond acceptors (Lipinski definition) is 10. The Hall–Kier alpha value is -4.72. The average Bonchev–Trinajstić information content (AvgIpc) is 3.08. The number of aromatic hydroxyl groups is 1. The SMILES string of the molecule is COc1c(O)cc(C(Oc2ccncn2)C(C(=O)Nc2ccccc2C(C)C)N2CCOCC2)cc1NS(=O)(=O)c1cccc(C(C)(C)C)c1. The number of rotatable bonds is 12. The number of ether oxygens (including phenoxy) is 3. The second kappa shape index (κ2) is 15.4. The van der Waals surface area contributed by atoms with Gasteiger partial charge in [0.1, 0.15) is 12.4 Å². The number of carbonyl (C=O) groups is 1. The first-order valence-corrected chi connectivity index (χ1v) is 18.0. The topological polar surface area (TPSA) is 152 Å². The Morgan fingerprint density at radius 2 is 1.74 bits per heavy atom. The van der Waals surface area contributed by atoms with E-state index in [1.807, 2.05) is 69.9 Å². The number of hydrogen-bond donors (Lipinski definition) is 3. The molecule has 0 aliphatic carbocycles. The van der Waals surface area contributed by atoms with Gasteiger partial charge in [0.25, 0.3) is 10.0 Å². The Bertz CT molecular complexity index is 1890. The summed E-state index contributed by atoms with van der Waals surface area (Å²) in [5.41, 5.74) is 2.43. The number of phenolic OH excluding ortho intramolecular Hbond substituents is 1. The van der Waals surface area contributed by atoms with Crippen LogP contribution in [0.4, 0.5) is 11.4 Å². The molecule has 1 amide bonds. The Labute approximate surface area is 293 Å². The van der Waals surface area contributed by atoms with Crippen LogP contribution in [-0.2, 0) is 25.0 Å². The number of nitrogens with zero attached hydrogens (tertiary/aromatic N) is 3. The summed E-state index contributed by atoms with van der Waals surface area (Å²) in [6.45, 7) is 11.7. The van der Waals surface area contributed by atoms with E-state index in [2.05, 4.69) is 20.0 Å². The third-order valence-electron chi connectivity index (χ3n) is 8.52. The van der Waals surface area contributed by atoms with E-state index in [0.29, 0.717) is 37.6 Å². The monoisotopic (exact) mass is 703 g/mol. The van der Waals surface area contributed by atoms with Crippen molar-refractivity contribution < 1.29 is 32.5 Å². The normalized spacial score (nSPS) is 15.3. The van der Waals surface area contributed by atoms with E-state index in [4.69, 9.17) is 14.2 Å². The van der Waals surface area contributed by atoms with Gasteiger partial charge in [-0.15, -0.1) is 0 Å². The van der Waals surface area contributed by atoms with Gasteiger partial charge in [-0.25, -0.2) is 18.4 Å². The predicted molar refractivity (Wildman–Crippen MR) is 191 cm³/mol. The van der Waals surface area contributed by atoms with Crippen molar-refractivity contribution in [1.29, 1.82) is 0 Å². The minimum atomic E-state index is -4.17. The molecule has 12 nitrogen and oxygen atoms in total. The van der Waals surface area contributed by atoms with Crippen LogP contribution in [0.2, 0.25) is 0 Å². The molecule has 1 fully saturated rings. The molecular formula is C37H45N5O7S. The van der Waals surface area contributed by atoms with Gasteiger partial charge in [0, 0.05) is 36.6 Å². The highest BCUT2D eigenvalue weighted by molar-refractivity contribution is 7.92. The molecule has 2 atom stereocenters. The van der Waals surface area contributed by atoms with Gasteiger partial charge in [0.2, 0.25) is 11.8 Å². The molecule has 5 rings (SSSR count). The third kappa shape index (κ3) is 8.52. The number of benzene rings is 3. The number of nitrogens with one attached hydrogen (secondary N) is 2. The highest BCUT2D eigenvalue weighted by Crippen LogP contribution is 2.41. The summed E-state index contributed by atoms with van der Waals surface area (Å²) in [6.07, 6.45) is 1.74. The van der Waals surface area contributed by atoms with E-state index < -0.39 is 22.2 Å². The highest BCUT2D eigenvalue weighted by Gasteiger charge is 2.39. The molecule has 2 heterocycles. The van der Waals surface area contributed by atoms with E-state index in [1.54, 1.807) is 18.2 Å². The van der Waals surface area contributed by atoms with Crippen LogP contribution in [0, 0.1) is 0 Å². The Morgan fingerprint density at radius 3 is 2.40 bits per heavy atom. The van der Waals surface area contributed by atoms with Crippen LogP contribution >= 0.6 is 0 Å². The standard InChI is InChI=1S/C37H45N5O7S/c1-24(2)28-12-7-8-13-29(28)40-36(44)33(42-16-18-48-19-17-42)34(49-32-14-15-38-23-39-32)25-20-30(35(47-6)31(43)21-25)41-50(45,46)27-11-9-10-26(22-27)37(3,4)5/h7-15,20-24,33-34,41,43H,16-19H2,1-6H3,(H,40,44). The Balaban J connectivity index is 1.62. The third-order valence-corrected chi connectivity index (χ3v) is 9.88. The fraction of sp³-hybridized carbons (Fsp3) is 0.378. The smallest absolute Gasteiger partial charge is 0.262 e. The molecule has 2 unspecified atom stereocenters. The predicted octanol–water partition coefficient (Wildman–Crippen LogP) is 5.87. The molecule has 1 saturated heterocycles. The quantitative estimate of drug-likeness (QED) is 0.163. The zero-order valence-corrected chi connectivity index (χ0v) is 30.0. The first-order valence-electron chi connectivity index (χ1n) is 16.5. The van der Waals surface area contributed by atoms with Crippen LogP contribution in [0.3, 0.4) is 0 Å². The molecule has 3 aromatic carbocycles. The van der Waals surface area contributed by atoms with Gasteiger partial charge in [0.15, 0.2) is 17.6 Å². The Morgan fingerprint density at radius 1 is 1.00 bits per heavy atom. The summed E-state index contributed by atoms with van der Waals surface area (Å²) >= 11 is 0. The molecule has 3 N–H and O–H groups in total. The maximum atomic E-state index is 14.5. The minimum absolute atomic E-state index is 0.0359. The van der Waals surface area contributed by atoms with Crippen LogP contribution in [0.1, 0.15) is 63.3 Å². The number of methoxy groups -OCH3 is 1. The van der Waals surface area contributed by atoms with Gasteiger partial charge >= 0.3 is 0 Å².